The molecule has 0 saturated carbocycles. The Kier molecular flexibility index (Phi) is 5.87. The van der Waals surface area contributed by atoms with Gasteiger partial charge in [-0.15, -0.1) is 11.3 Å². The van der Waals surface area contributed by atoms with Gasteiger partial charge < -0.3 is 10.2 Å². The third-order valence-corrected chi connectivity index (χ3v) is 6.95. The number of carbonyl (C=O) groups is 1. The molecule has 2 aromatic carbocycles. The number of nitro benzene ring substituents is 1. The van der Waals surface area contributed by atoms with E-state index in [1.165, 1.54) is 33.3 Å². The molecule has 3 heterocycles. The molecule has 9 nitrogen and oxygen atoms in total. The van der Waals surface area contributed by atoms with Gasteiger partial charge in [0.25, 0.3) is 11.6 Å². The van der Waals surface area contributed by atoms with E-state index < -0.39 is 16.3 Å². The molecule has 1 amide bonds. The maximum Gasteiger partial charge on any atom is 0.294 e. The van der Waals surface area contributed by atoms with Crippen molar-refractivity contribution in [3.63, 3.8) is 0 Å². The van der Waals surface area contributed by atoms with Gasteiger partial charge in [-0.05, 0) is 60.7 Å². The summed E-state index contributed by atoms with van der Waals surface area (Å²) in [6.07, 6.45) is 1.01. The van der Waals surface area contributed by atoms with Gasteiger partial charge in [0.1, 0.15) is 5.69 Å². The van der Waals surface area contributed by atoms with Crippen LogP contribution in [0.2, 0.25) is 0 Å². The summed E-state index contributed by atoms with van der Waals surface area (Å²) < 4.78 is 1.24. The summed E-state index contributed by atoms with van der Waals surface area (Å²) in [7, 11) is 0. The van der Waals surface area contributed by atoms with Crippen LogP contribution in [-0.2, 0) is 13.0 Å². The normalized spacial score (nSPS) is 12.8. The van der Waals surface area contributed by atoms with E-state index in [9.17, 15) is 19.7 Å². The molecule has 0 atom stereocenters. The van der Waals surface area contributed by atoms with E-state index in [1.54, 1.807) is 42.5 Å². The number of aryl methyl sites for hydroxylation is 1. The van der Waals surface area contributed by atoms with Crippen molar-refractivity contribution in [1.29, 1.82) is 0 Å². The lowest BCUT2D eigenvalue weighted by atomic mass is 10.1. The lowest BCUT2D eigenvalue weighted by molar-refractivity contribution is -0.384. The number of rotatable bonds is 5. The molecular weight excluding hydrogens is 466 g/mol. The number of fused-ring (bicyclic) bond motifs is 1. The first-order valence-electron chi connectivity index (χ1n) is 11.0. The summed E-state index contributed by atoms with van der Waals surface area (Å²) in [5, 5.41) is 20.4. The Bertz CT molecular complexity index is 1490. The van der Waals surface area contributed by atoms with Crippen LogP contribution in [0.15, 0.2) is 70.8 Å². The summed E-state index contributed by atoms with van der Waals surface area (Å²) in [6.45, 7) is 3.38. The van der Waals surface area contributed by atoms with Crippen LogP contribution in [0.4, 0.5) is 17.1 Å². The van der Waals surface area contributed by atoms with Crippen LogP contribution in [0.25, 0.3) is 5.69 Å². The molecule has 0 bridgehead atoms. The van der Waals surface area contributed by atoms with Crippen molar-refractivity contribution >= 4 is 34.3 Å². The number of para-hydroxylation sites is 2. The van der Waals surface area contributed by atoms with Crippen molar-refractivity contribution < 1.29 is 9.72 Å². The number of carbonyl (C=O) groups excluding carboxylic acids is 1. The highest BCUT2D eigenvalue weighted by atomic mass is 32.1. The number of nitrogens with one attached hydrogen (secondary N) is 1. The predicted molar refractivity (Wildman–Crippen MR) is 135 cm³/mol. The molecule has 1 aliphatic rings. The number of hydrogen-bond donors (Lipinski definition) is 1. The minimum Gasteiger partial charge on any atom is -0.367 e. The van der Waals surface area contributed by atoms with Crippen molar-refractivity contribution in [2.45, 2.75) is 19.9 Å². The zero-order chi connectivity index (χ0) is 24.5. The van der Waals surface area contributed by atoms with Gasteiger partial charge in [0.05, 0.1) is 4.92 Å². The van der Waals surface area contributed by atoms with Gasteiger partial charge in [0.2, 0.25) is 5.43 Å². The van der Waals surface area contributed by atoms with Crippen molar-refractivity contribution in [1.82, 2.24) is 9.78 Å². The maximum atomic E-state index is 12.9. The molecule has 0 radical (unpaired) electrons. The van der Waals surface area contributed by atoms with E-state index in [-0.39, 0.29) is 17.1 Å². The number of anilines is 2. The molecule has 0 spiro atoms. The molecule has 0 unspecified atom stereocenters. The highest BCUT2D eigenvalue weighted by Gasteiger charge is 2.21. The number of nitro groups is 1. The van der Waals surface area contributed by atoms with Crippen LogP contribution >= 0.6 is 11.3 Å². The molecule has 4 aromatic rings. The van der Waals surface area contributed by atoms with E-state index in [4.69, 9.17) is 0 Å². The molecule has 2 aromatic heterocycles. The largest absolute Gasteiger partial charge is 0.367 e. The summed E-state index contributed by atoms with van der Waals surface area (Å²) in [5.41, 5.74) is 2.37. The Morgan fingerprint density at radius 3 is 2.69 bits per heavy atom. The van der Waals surface area contributed by atoms with E-state index in [2.05, 4.69) is 26.8 Å². The number of nitrogens with zero attached hydrogens (tertiary/aromatic N) is 4. The molecule has 0 fully saturated rings. The van der Waals surface area contributed by atoms with E-state index in [0.717, 1.165) is 25.2 Å². The fourth-order valence-corrected chi connectivity index (χ4v) is 5.05. The Hall–Kier alpha value is -4.31. The van der Waals surface area contributed by atoms with Gasteiger partial charge in [0, 0.05) is 47.2 Å². The Labute approximate surface area is 204 Å². The third kappa shape index (κ3) is 4.43. The lowest BCUT2D eigenvalue weighted by Gasteiger charge is -2.29. The van der Waals surface area contributed by atoms with Crippen molar-refractivity contribution in [2.24, 2.45) is 0 Å². The van der Waals surface area contributed by atoms with Gasteiger partial charge in [0.15, 0.2) is 5.69 Å². The van der Waals surface area contributed by atoms with Crippen LogP contribution < -0.4 is 15.6 Å². The second-order valence-corrected chi connectivity index (χ2v) is 9.20. The summed E-state index contributed by atoms with van der Waals surface area (Å²) in [5.74, 6) is -0.684. The fourth-order valence-electron chi connectivity index (χ4n) is 4.16. The minimum atomic E-state index is -0.684. The molecule has 176 valence electrons. The van der Waals surface area contributed by atoms with Gasteiger partial charge >= 0.3 is 0 Å². The summed E-state index contributed by atoms with van der Waals surface area (Å²) in [6, 6.07) is 16.9. The van der Waals surface area contributed by atoms with Crippen LogP contribution in [0.5, 0.6) is 0 Å². The Morgan fingerprint density at radius 2 is 1.91 bits per heavy atom. The second kappa shape index (κ2) is 9.15. The second-order valence-electron chi connectivity index (χ2n) is 8.20. The molecule has 5 rings (SSSR count). The predicted octanol–water partition coefficient (Wildman–Crippen LogP) is 4.33. The monoisotopic (exact) mass is 487 g/mol. The average Bonchev–Trinajstić information content (AvgIpc) is 3.32. The van der Waals surface area contributed by atoms with Gasteiger partial charge in [-0.1, -0.05) is 12.1 Å². The van der Waals surface area contributed by atoms with Crippen molar-refractivity contribution in [3.05, 3.63) is 108 Å². The minimum absolute atomic E-state index is 0.170. The number of amides is 1. The third-order valence-electron chi connectivity index (χ3n) is 5.93. The zero-order valence-corrected chi connectivity index (χ0v) is 19.6. The Morgan fingerprint density at radius 1 is 1.14 bits per heavy atom. The molecule has 1 N–H and O–H groups in total. The van der Waals surface area contributed by atoms with E-state index in [0.29, 0.717) is 11.4 Å². The first kappa shape index (κ1) is 22.5. The fraction of sp³-hybridized carbons (Fsp3) is 0.160. The van der Waals surface area contributed by atoms with Gasteiger partial charge in [-0.3, -0.25) is 19.7 Å². The van der Waals surface area contributed by atoms with Crippen LogP contribution in [0.1, 0.15) is 26.6 Å². The SMILES string of the molecule is Cc1cc(=O)c(C(=O)Nc2ccc(N3CCc4sccc4C3)cc2)nn1-c1ccccc1[N+](=O)[O-]. The molecule has 35 heavy (non-hydrogen) atoms. The quantitative estimate of drug-likeness (QED) is 0.331. The molecule has 10 heteroatoms. The molecular formula is C25H21N5O4S. The van der Waals surface area contributed by atoms with Gasteiger partial charge in [-0.2, -0.15) is 5.10 Å². The average molecular weight is 488 g/mol. The van der Waals surface area contributed by atoms with Gasteiger partial charge in [-0.25, -0.2) is 4.68 Å². The lowest BCUT2D eigenvalue weighted by Crippen LogP contribution is -2.29. The summed E-state index contributed by atoms with van der Waals surface area (Å²) >= 11 is 1.79. The smallest absolute Gasteiger partial charge is 0.294 e. The van der Waals surface area contributed by atoms with Crippen LogP contribution in [0, 0.1) is 17.0 Å². The number of thiophene rings is 1. The van der Waals surface area contributed by atoms with E-state index >= 15 is 0 Å². The zero-order valence-electron chi connectivity index (χ0n) is 18.8. The molecule has 1 aliphatic heterocycles. The molecule has 0 aliphatic carbocycles. The van der Waals surface area contributed by atoms with E-state index in [1.807, 2.05) is 12.1 Å². The van der Waals surface area contributed by atoms with Crippen molar-refractivity contribution in [3.8, 4) is 5.69 Å². The first-order valence-corrected chi connectivity index (χ1v) is 11.8. The number of aromatic nitrogens is 2. The number of hydrogen-bond acceptors (Lipinski definition) is 7. The van der Waals surface area contributed by atoms with Crippen LogP contribution in [-0.4, -0.2) is 27.2 Å². The topological polar surface area (TPSA) is 110 Å². The first-order chi connectivity index (χ1) is 16.9. The highest BCUT2D eigenvalue weighted by molar-refractivity contribution is 7.10. The standard InChI is InChI=1S/C25H21N5O4S/c1-16-14-22(31)24(27-29(16)20-4-2-3-5-21(20)30(33)34)25(32)26-18-6-8-19(9-7-18)28-12-10-23-17(15-28)11-13-35-23/h2-9,11,13-14H,10,12,15H2,1H3,(H,26,32). The van der Waals surface area contributed by atoms with Crippen molar-refractivity contribution in [2.75, 3.05) is 16.8 Å². The van der Waals surface area contributed by atoms with Crippen LogP contribution in [0.3, 0.4) is 0 Å². The highest BCUT2D eigenvalue weighted by Crippen LogP contribution is 2.28. The molecule has 0 saturated heterocycles. The Balaban J connectivity index is 1.37. The summed E-state index contributed by atoms with van der Waals surface area (Å²) in [4.78, 5) is 40.1. The number of benzene rings is 2. The maximum absolute atomic E-state index is 12.9.